The average molecular weight is 486 g/mol. The first-order chi connectivity index (χ1) is 18.2. The predicted molar refractivity (Wildman–Crippen MR) is 143 cm³/mol. The van der Waals surface area contributed by atoms with Crippen LogP contribution >= 0.6 is 0 Å². The van der Waals surface area contributed by atoms with E-state index < -0.39 is 5.91 Å². The number of rotatable bonds is 6. The van der Waals surface area contributed by atoms with Gasteiger partial charge in [0, 0.05) is 35.8 Å². The summed E-state index contributed by atoms with van der Waals surface area (Å²) in [5.41, 5.74) is 3.98. The van der Waals surface area contributed by atoms with Crippen molar-refractivity contribution in [3.05, 3.63) is 113 Å². The summed E-state index contributed by atoms with van der Waals surface area (Å²) in [7, 11) is 0. The van der Waals surface area contributed by atoms with Gasteiger partial charge in [0.1, 0.15) is 11.6 Å². The van der Waals surface area contributed by atoms with Crippen molar-refractivity contribution in [2.24, 2.45) is 0 Å². The molecule has 6 rings (SSSR count). The van der Waals surface area contributed by atoms with Crippen LogP contribution in [0, 0.1) is 11.3 Å². The first kappa shape index (κ1) is 22.4. The summed E-state index contributed by atoms with van der Waals surface area (Å²) >= 11 is 0. The van der Waals surface area contributed by atoms with Crippen LogP contribution in [0.1, 0.15) is 16.7 Å². The van der Waals surface area contributed by atoms with Gasteiger partial charge in [0.25, 0.3) is 5.91 Å². The van der Waals surface area contributed by atoms with Gasteiger partial charge in [-0.05, 0) is 46.2 Å². The molecule has 6 nitrogen and oxygen atoms in total. The number of nitrogens with one attached hydrogen (secondary N) is 1. The summed E-state index contributed by atoms with van der Waals surface area (Å²) in [5, 5.41) is 16.0. The fourth-order valence-corrected chi connectivity index (χ4v) is 4.77. The van der Waals surface area contributed by atoms with Gasteiger partial charge in [-0.3, -0.25) is 4.79 Å². The van der Waals surface area contributed by atoms with Crippen LogP contribution in [-0.2, 0) is 17.9 Å². The van der Waals surface area contributed by atoms with Gasteiger partial charge in [0.05, 0.1) is 0 Å². The minimum absolute atomic E-state index is 0.0498. The minimum atomic E-state index is -0.425. The molecule has 0 radical (unpaired) electrons. The molecule has 0 bridgehead atoms. The number of nitrogens with zero attached hydrogens (tertiary/aromatic N) is 2. The first-order valence-electron chi connectivity index (χ1n) is 12.0. The van der Waals surface area contributed by atoms with Crippen molar-refractivity contribution in [2.75, 3.05) is 6.79 Å². The second-order valence-electron chi connectivity index (χ2n) is 8.91. The molecule has 1 aromatic heterocycles. The third-order valence-electron chi connectivity index (χ3n) is 6.59. The number of para-hydroxylation sites is 1. The van der Waals surface area contributed by atoms with Gasteiger partial charge in [-0.2, -0.15) is 5.26 Å². The number of nitriles is 1. The van der Waals surface area contributed by atoms with Crippen LogP contribution < -0.4 is 14.8 Å². The number of amides is 1. The Labute approximate surface area is 214 Å². The SMILES string of the molecule is N#C/C(=C\c1cn(Cc2cccc3ccccc23)c2ccccc12)C(=O)NCc1ccc2c(c1)OCO2. The van der Waals surface area contributed by atoms with Crippen molar-refractivity contribution in [3.63, 3.8) is 0 Å². The topological polar surface area (TPSA) is 76.3 Å². The maximum absolute atomic E-state index is 12.9. The van der Waals surface area contributed by atoms with E-state index in [-0.39, 0.29) is 18.9 Å². The third kappa shape index (κ3) is 4.39. The lowest BCUT2D eigenvalue weighted by Gasteiger charge is -2.09. The van der Waals surface area contributed by atoms with Gasteiger partial charge in [0.15, 0.2) is 11.5 Å². The molecule has 1 amide bonds. The molecule has 0 fully saturated rings. The molecule has 0 saturated carbocycles. The first-order valence-corrected chi connectivity index (χ1v) is 12.0. The number of ether oxygens (including phenoxy) is 2. The molecule has 0 saturated heterocycles. The van der Waals surface area contributed by atoms with E-state index in [9.17, 15) is 10.1 Å². The van der Waals surface area contributed by atoms with E-state index in [0.29, 0.717) is 18.0 Å². The Kier molecular flexibility index (Phi) is 5.80. The number of hydrogen-bond acceptors (Lipinski definition) is 4. The molecule has 0 spiro atoms. The van der Waals surface area contributed by atoms with E-state index in [1.165, 1.54) is 16.3 Å². The fraction of sp³-hybridized carbons (Fsp3) is 0.0968. The monoisotopic (exact) mass is 485 g/mol. The zero-order chi connectivity index (χ0) is 25.2. The molecular weight excluding hydrogens is 462 g/mol. The normalized spacial score (nSPS) is 12.6. The Hall–Kier alpha value is -5.02. The summed E-state index contributed by atoms with van der Waals surface area (Å²) < 4.78 is 12.9. The van der Waals surface area contributed by atoms with E-state index in [4.69, 9.17) is 9.47 Å². The fourth-order valence-electron chi connectivity index (χ4n) is 4.77. The number of benzene rings is 4. The molecule has 37 heavy (non-hydrogen) atoms. The maximum atomic E-state index is 12.9. The Morgan fingerprint density at radius 3 is 2.62 bits per heavy atom. The van der Waals surface area contributed by atoms with E-state index in [1.54, 1.807) is 6.08 Å². The van der Waals surface area contributed by atoms with Crippen LogP contribution in [0.5, 0.6) is 11.5 Å². The molecule has 1 aliphatic rings. The average Bonchev–Trinajstić information content (AvgIpc) is 3.55. The van der Waals surface area contributed by atoms with Crippen molar-refractivity contribution in [2.45, 2.75) is 13.1 Å². The molecule has 0 atom stereocenters. The Morgan fingerprint density at radius 1 is 0.946 bits per heavy atom. The third-order valence-corrected chi connectivity index (χ3v) is 6.59. The molecule has 180 valence electrons. The van der Waals surface area contributed by atoms with Gasteiger partial charge in [-0.25, -0.2) is 0 Å². The van der Waals surface area contributed by atoms with Crippen LogP contribution in [0.3, 0.4) is 0 Å². The van der Waals surface area contributed by atoms with Crippen LogP contribution in [0.15, 0.2) is 96.7 Å². The second kappa shape index (κ2) is 9.56. The highest BCUT2D eigenvalue weighted by Crippen LogP contribution is 2.32. The number of carbonyl (C=O) groups excluding carboxylic acids is 1. The van der Waals surface area contributed by atoms with E-state index in [0.717, 1.165) is 22.0 Å². The number of hydrogen-bond donors (Lipinski definition) is 1. The summed E-state index contributed by atoms with van der Waals surface area (Å²) in [6.07, 6.45) is 3.67. The van der Waals surface area contributed by atoms with Crippen molar-refractivity contribution >= 4 is 33.7 Å². The van der Waals surface area contributed by atoms with Crippen molar-refractivity contribution < 1.29 is 14.3 Å². The molecule has 5 aromatic rings. The highest BCUT2D eigenvalue weighted by Gasteiger charge is 2.16. The summed E-state index contributed by atoms with van der Waals surface area (Å²) in [6, 6.07) is 30.3. The van der Waals surface area contributed by atoms with Crippen LogP contribution in [0.4, 0.5) is 0 Å². The summed E-state index contributed by atoms with van der Waals surface area (Å²) in [4.78, 5) is 12.9. The lowest BCUT2D eigenvalue weighted by molar-refractivity contribution is -0.117. The zero-order valence-corrected chi connectivity index (χ0v) is 20.0. The maximum Gasteiger partial charge on any atom is 0.262 e. The van der Waals surface area contributed by atoms with Crippen LogP contribution in [0.2, 0.25) is 0 Å². The molecular formula is C31H23N3O3. The Morgan fingerprint density at radius 2 is 1.73 bits per heavy atom. The van der Waals surface area contributed by atoms with Gasteiger partial charge in [-0.1, -0.05) is 66.7 Å². The van der Waals surface area contributed by atoms with Crippen molar-refractivity contribution in [3.8, 4) is 17.6 Å². The minimum Gasteiger partial charge on any atom is -0.454 e. The molecule has 0 aliphatic carbocycles. The predicted octanol–water partition coefficient (Wildman–Crippen LogP) is 5.79. The summed E-state index contributed by atoms with van der Waals surface area (Å²) in [5.74, 6) is 0.917. The molecule has 0 unspecified atom stereocenters. The Bertz CT molecular complexity index is 1720. The van der Waals surface area contributed by atoms with Crippen molar-refractivity contribution in [1.29, 1.82) is 5.26 Å². The van der Waals surface area contributed by atoms with Crippen molar-refractivity contribution in [1.82, 2.24) is 9.88 Å². The lowest BCUT2D eigenvalue weighted by Crippen LogP contribution is -2.23. The molecule has 1 N–H and O–H groups in total. The van der Waals surface area contributed by atoms with E-state index >= 15 is 0 Å². The zero-order valence-electron chi connectivity index (χ0n) is 20.0. The molecule has 6 heteroatoms. The lowest BCUT2D eigenvalue weighted by atomic mass is 10.0. The van der Waals surface area contributed by atoms with Gasteiger partial charge >= 0.3 is 0 Å². The highest BCUT2D eigenvalue weighted by molar-refractivity contribution is 6.04. The number of carbonyl (C=O) groups is 1. The van der Waals surface area contributed by atoms with Gasteiger partial charge in [-0.15, -0.1) is 0 Å². The van der Waals surface area contributed by atoms with Gasteiger partial charge in [0.2, 0.25) is 6.79 Å². The number of fused-ring (bicyclic) bond motifs is 3. The molecule has 2 heterocycles. The number of aromatic nitrogens is 1. The quantitative estimate of drug-likeness (QED) is 0.244. The van der Waals surface area contributed by atoms with Gasteiger partial charge < -0.3 is 19.4 Å². The summed E-state index contributed by atoms with van der Waals surface area (Å²) in [6.45, 7) is 1.14. The van der Waals surface area contributed by atoms with Crippen LogP contribution in [-0.4, -0.2) is 17.3 Å². The van der Waals surface area contributed by atoms with E-state index in [2.05, 4.69) is 58.4 Å². The standard InChI is InChI=1S/C31H23N3O3/c32-16-24(31(35)33-17-21-12-13-29-30(14-21)37-20-36-29)15-25-19-34(28-11-4-3-10-27(25)28)18-23-8-5-7-22-6-1-2-9-26(22)23/h1-15,19H,17-18,20H2,(H,33,35)/b24-15+. The second-order valence-corrected chi connectivity index (χ2v) is 8.91. The molecule has 1 aliphatic heterocycles. The van der Waals surface area contributed by atoms with Crippen LogP contribution in [0.25, 0.3) is 27.8 Å². The smallest absolute Gasteiger partial charge is 0.262 e. The highest BCUT2D eigenvalue weighted by atomic mass is 16.7. The molecule has 4 aromatic carbocycles. The Balaban J connectivity index is 1.28. The largest absolute Gasteiger partial charge is 0.454 e. The van der Waals surface area contributed by atoms with E-state index in [1.807, 2.05) is 48.7 Å².